The van der Waals surface area contributed by atoms with Gasteiger partial charge in [-0.05, 0) is 41.1 Å². The van der Waals surface area contributed by atoms with Crippen molar-refractivity contribution in [2.45, 2.75) is 18.6 Å². The van der Waals surface area contributed by atoms with Gasteiger partial charge in [-0.1, -0.05) is 42.5 Å². The topological polar surface area (TPSA) is 53.0 Å². The SMILES string of the molecule is C=CCN(CC(=O)N1CCc2sccc2C1COc1cccc(F)c1)CC(O)c1ccccc1. The quantitative estimate of drug-likeness (QED) is 0.431. The number of thiophene rings is 1. The van der Waals surface area contributed by atoms with Gasteiger partial charge in [0.1, 0.15) is 18.2 Å². The van der Waals surface area contributed by atoms with Gasteiger partial charge < -0.3 is 14.7 Å². The van der Waals surface area contributed by atoms with E-state index >= 15 is 0 Å². The third-order valence-corrected chi connectivity index (χ3v) is 6.98. The molecule has 0 fully saturated rings. The Morgan fingerprint density at radius 1 is 1.26 bits per heavy atom. The predicted octanol–water partition coefficient (Wildman–Crippen LogP) is 4.61. The van der Waals surface area contributed by atoms with Crippen molar-refractivity contribution >= 4 is 17.2 Å². The van der Waals surface area contributed by atoms with Crippen LogP contribution in [-0.2, 0) is 11.2 Å². The van der Waals surface area contributed by atoms with Crippen LogP contribution in [0.3, 0.4) is 0 Å². The van der Waals surface area contributed by atoms with E-state index in [1.54, 1.807) is 29.5 Å². The van der Waals surface area contributed by atoms with Crippen molar-refractivity contribution in [3.8, 4) is 5.75 Å². The molecule has 0 spiro atoms. The molecule has 0 radical (unpaired) electrons. The standard InChI is InChI=1S/C27H29FN2O3S/c1-2-13-29(17-25(31)20-7-4-3-5-8-20)18-27(32)30-14-11-26-23(12-15-34-26)24(30)19-33-22-10-6-9-21(28)16-22/h2-10,12,15-16,24-25,31H,1,11,13-14,17-19H2. The van der Waals surface area contributed by atoms with Gasteiger partial charge in [0.15, 0.2) is 0 Å². The van der Waals surface area contributed by atoms with Crippen molar-refractivity contribution < 1.29 is 19.0 Å². The van der Waals surface area contributed by atoms with E-state index in [9.17, 15) is 14.3 Å². The van der Waals surface area contributed by atoms with Gasteiger partial charge in [-0.15, -0.1) is 17.9 Å². The number of hydrogen-bond donors (Lipinski definition) is 1. The Bertz CT molecular complexity index is 1100. The second-order valence-electron chi connectivity index (χ2n) is 8.33. The third-order valence-electron chi connectivity index (χ3n) is 5.98. The summed E-state index contributed by atoms with van der Waals surface area (Å²) in [7, 11) is 0. The Kier molecular flexibility index (Phi) is 8.11. The fourth-order valence-electron chi connectivity index (χ4n) is 4.30. The number of ether oxygens (including phenoxy) is 1. The molecular weight excluding hydrogens is 451 g/mol. The number of carbonyl (C=O) groups excluding carboxylic acids is 1. The van der Waals surface area contributed by atoms with Crippen molar-refractivity contribution in [3.05, 3.63) is 101 Å². The number of rotatable bonds is 10. The van der Waals surface area contributed by atoms with Crippen LogP contribution >= 0.6 is 11.3 Å². The number of benzene rings is 2. The van der Waals surface area contributed by atoms with Gasteiger partial charge in [-0.25, -0.2) is 4.39 Å². The molecule has 1 N–H and O–H groups in total. The first kappa shape index (κ1) is 24.1. The molecule has 1 aliphatic rings. The first-order chi connectivity index (χ1) is 16.5. The van der Waals surface area contributed by atoms with Gasteiger partial charge in [-0.2, -0.15) is 0 Å². The van der Waals surface area contributed by atoms with Crippen LogP contribution < -0.4 is 4.74 Å². The van der Waals surface area contributed by atoms with Crippen molar-refractivity contribution in [2.24, 2.45) is 0 Å². The van der Waals surface area contributed by atoms with Crippen molar-refractivity contribution in [2.75, 3.05) is 32.8 Å². The summed E-state index contributed by atoms with van der Waals surface area (Å²) < 4.78 is 19.5. The molecule has 2 heterocycles. The van der Waals surface area contributed by atoms with E-state index in [-0.39, 0.29) is 30.9 Å². The number of fused-ring (bicyclic) bond motifs is 1. The Morgan fingerprint density at radius 2 is 2.09 bits per heavy atom. The van der Waals surface area contributed by atoms with Crippen LogP contribution in [0.15, 0.2) is 78.7 Å². The van der Waals surface area contributed by atoms with E-state index in [1.165, 1.54) is 17.0 Å². The van der Waals surface area contributed by atoms with Gasteiger partial charge >= 0.3 is 0 Å². The van der Waals surface area contributed by atoms with Crippen LogP contribution in [0.2, 0.25) is 0 Å². The normalized spacial score (nSPS) is 16.2. The number of aliphatic hydroxyl groups excluding tert-OH is 1. The van der Waals surface area contributed by atoms with E-state index in [0.29, 0.717) is 25.4 Å². The van der Waals surface area contributed by atoms with Crippen LogP contribution in [0.1, 0.15) is 28.1 Å². The number of hydrogen-bond acceptors (Lipinski definition) is 5. The van der Waals surface area contributed by atoms with Gasteiger partial charge in [0, 0.05) is 30.6 Å². The van der Waals surface area contributed by atoms with Crippen molar-refractivity contribution in [1.82, 2.24) is 9.80 Å². The largest absolute Gasteiger partial charge is 0.491 e. The summed E-state index contributed by atoms with van der Waals surface area (Å²) in [4.78, 5) is 18.5. The maximum atomic E-state index is 13.6. The van der Waals surface area contributed by atoms with Gasteiger partial charge in [0.2, 0.25) is 5.91 Å². The molecule has 0 saturated heterocycles. The Hall–Kier alpha value is -3.00. The van der Waals surface area contributed by atoms with Crippen LogP contribution in [-0.4, -0.2) is 53.6 Å². The van der Waals surface area contributed by atoms with Crippen LogP contribution in [0.4, 0.5) is 4.39 Å². The minimum Gasteiger partial charge on any atom is -0.491 e. The zero-order valence-corrected chi connectivity index (χ0v) is 19.8. The molecule has 2 atom stereocenters. The fourth-order valence-corrected chi connectivity index (χ4v) is 5.23. The highest BCUT2D eigenvalue weighted by Crippen LogP contribution is 2.34. The lowest BCUT2D eigenvalue weighted by atomic mass is 10.0. The lowest BCUT2D eigenvalue weighted by molar-refractivity contribution is -0.136. The van der Waals surface area contributed by atoms with E-state index in [0.717, 1.165) is 17.5 Å². The zero-order valence-electron chi connectivity index (χ0n) is 19.0. The summed E-state index contributed by atoms with van der Waals surface area (Å²) in [5, 5.41) is 12.7. The molecule has 3 aromatic rings. The Morgan fingerprint density at radius 3 is 2.85 bits per heavy atom. The predicted molar refractivity (Wildman–Crippen MR) is 132 cm³/mol. The molecule has 0 bridgehead atoms. The van der Waals surface area contributed by atoms with E-state index in [1.807, 2.05) is 51.6 Å². The summed E-state index contributed by atoms with van der Waals surface area (Å²) in [5.41, 5.74) is 1.90. The fraction of sp³-hybridized carbons (Fsp3) is 0.296. The molecule has 2 unspecified atom stereocenters. The number of halogens is 1. The lowest BCUT2D eigenvalue weighted by Crippen LogP contribution is -2.47. The third kappa shape index (κ3) is 5.91. The molecule has 4 rings (SSSR count). The van der Waals surface area contributed by atoms with Gasteiger partial charge in [0.25, 0.3) is 0 Å². The summed E-state index contributed by atoms with van der Waals surface area (Å²) in [6.07, 6.45) is 1.83. The van der Waals surface area contributed by atoms with Crippen LogP contribution in [0.5, 0.6) is 5.75 Å². The van der Waals surface area contributed by atoms with Crippen molar-refractivity contribution in [3.63, 3.8) is 0 Å². The number of aliphatic hydroxyl groups is 1. The van der Waals surface area contributed by atoms with Crippen LogP contribution in [0, 0.1) is 5.82 Å². The van der Waals surface area contributed by atoms with Crippen LogP contribution in [0.25, 0.3) is 0 Å². The average molecular weight is 481 g/mol. The molecule has 5 nitrogen and oxygen atoms in total. The average Bonchev–Trinajstić information content (AvgIpc) is 3.32. The molecule has 34 heavy (non-hydrogen) atoms. The van der Waals surface area contributed by atoms with E-state index in [2.05, 4.69) is 6.58 Å². The molecule has 1 amide bonds. The number of carbonyl (C=O) groups is 1. The van der Waals surface area contributed by atoms with Crippen molar-refractivity contribution in [1.29, 1.82) is 0 Å². The molecule has 1 aromatic heterocycles. The van der Waals surface area contributed by atoms with E-state index < -0.39 is 6.10 Å². The number of nitrogens with zero attached hydrogens (tertiary/aromatic N) is 2. The minimum atomic E-state index is -0.703. The summed E-state index contributed by atoms with van der Waals surface area (Å²) in [6, 6.07) is 17.3. The molecular formula is C27H29FN2O3S. The maximum absolute atomic E-state index is 13.6. The molecule has 0 saturated carbocycles. The lowest BCUT2D eigenvalue weighted by Gasteiger charge is -2.37. The summed E-state index contributed by atoms with van der Waals surface area (Å²) in [5.74, 6) is 0.0446. The van der Waals surface area contributed by atoms with E-state index in [4.69, 9.17) is 4.74 Å². The zero-order chi connectivity index (χ0) is 23.9. The highest BCUT2D eigenvalue weighted by molar-refractivity contribution is 7.10. The monoisotopic (exact) mass is 480 g/mol. The maximum Gasteiger partial charge on any atom is 0.237 e. The second-order valence-corrected chi connectivity index (χ2v) is 9.33. The summed E-state index contributed by atoms with van der Waals surface area (Å²) in [6.45, 7) is 5.61. The first-order valence-electron chi connectivity index (χ1n) is 11.4. The molecule has 7 heteroatoms. The first-order valence-corrected chi connectivity index (χ1v) is 12.2. The Balaban J connectivity index is 1.47. The highest BCUT2D eigenvalue weighted by Gasteiger charge is 2.33. The molecule has 2 aromatic carbocycles. The number of amides is 1. The highest BCUT2D eigenvalue weighted by atomic mass is 32.1. The molecule has 0 aliphatic carbocycles. The summed E-state index contributed by atoms with van der Waals surface area (Å²) >= 11 is 1.68. The Labute approximate surface area is 203 Å². The smallest absolute Gasteiger partial charge is 0.237 e. The molecule has 178 valence electrons. The molecule has 1 aliphatic heterocycles. The van der Waals surface area contributed by atoms with Gasteiger partial charge in [-0.3, -0.25) is 9.69 Å². The second kappa shape index (κ2) is 11.4. The minimum absolute atomic E-state index is 0.0354. The van der Waals surface area contributed by atoms with Gasteiger partial charge in [0.05, 0.1) is 18.7 Å².